The van der Waals surface area contributed by atoms with Crippen LogP contribution in [0.3, 0.4) is 0 Å². The van der Waals surface area contributed by atoms with E-state index in [2.05, 4.69) is 5.32 Å². The van der Waals surface area contributed by atoms with E-state index in [1.54, 1.807) is 24.3 Å². The van der Waals surface area contributed by atoms with Crippen LogP contribution in [0.25, 0.3) is 0 Å². The highest BCUT2D eigenvalue weighted by molar-refractivity contribution is 5.97. The standard InChI is InChI=1S/C17H13F2N3O2/c18-12-4-5-13(14(19)8-12)17(24)22-15(16(21)23)7-10-2-1-3-11(6-10)9-20/h1-6,8,15H,7H2,(H2,21,23)(H,22,24)/t15-/m1/s1. The van der Waals surface area contributed by atoms with Gasteiger partial charge in [-0.2, -0.15) is 5.26 Å². The Bertz CT molecular complexity index is 831. The molecule has 0 aliphatic rings. The molecule has 2 rings (SSSR count). The number of primary amides is 1. The average Bonchev–Trinajstić information content (AvgIpc) is 2.54. The van der Waals surface area contributed by atoms with Crippen molar-refractivity contribution < 1.29 is 18.4 Å². The molecule has 0 unspecified atom stereocenters. The highest BCUT2D eigenvalue weighted by atomic mass is 19.1. The Labute approximate surface area is 136 Å². The minimum atomic E-state index is -1.10. The maximum absolute atomic E-state index is 13.6. The van der Waals surface area contributed by atoms with Gasteiger partial charge in [-0.1, -0.05) is 12.1 Å². The van der Waals surface area contributed by atoms with Crippen molar-refractivity contribution >= 4 is 11.8 Å². The highest BCUT2D eigenvalue weighted by Crippen LogP contribution is 2.11. The number of nitrogens with one attached hydrogen (secondary N) is 1. The van der Waals surface area contributed by atoms with Crippen LogP contribution in [0.15, 0.2) is 42.5 Å². The molecule has 2 aromatic carbocycles. The molecule has 2 aromatic rings. The van der Waals surface area contributed by atoms with Gasteiger partial charge in [0.1, 0.15) is 17.7 Å². The molecule has 122 valence electrons. The maximum atomic E-state index is 13.6. The quantitative estimate of drug-likeness (QED) is 0.873. The van der Waals surface area contributed by atoms with Gasteiger partial charge in [-0.25, -0.2) is 8.78 Å². The molecule has 2 amide bonds. The molecule has 0 bridgehead atoms. The molecule has 7 heteroatoms. The number of hydrogen-bond donors (Lipinski definition) is 2. The predicted molar refractivity (Wildman–Crippen MR) is 81.7 cm³/mol. The van der Waals surface area contributed by atoms with Crippen molar-refractivity contribution in [2.45, 2.75) is 12.5 Å². The van der Waals surface area contributed by atoms with Crippen LogP contribution in [-0.4, -0.2) is 17.9 Å². The monoisotopic (exact) mass is 329 g/mol. The first-order valence-corrected chi connectivity index (χ1v) is 6.95. The molecule has 0 saturated heterocycles. The molecule has 24 heavy (non-hydrogen) atoms. The Kier molecular flexibility index (Phi) is 5.22. The van der Waals surface area contributed by atoms with Crippen molar-refractivity contribution in [3.8, 4) is 6.07 Å². The third-order valence-corrected chi connectivity index (χ3v) is 3.32. The molecule has 0 fully saturated rings. The summed E-state index contributed by atoms with van der Waals surface area (Å²) in [6, 6.07) is 9.80. The lowest BCUT2D eigenvalue weighted by atomic mass is 10.0. The van der Waals surface area contributed by atoms with Gasteiger partial charge in [-0.15, -0.1) is 0 Å². The summed E-state index contributed by atoms with van der Waals surface area (Å²) in [6.07, 6.45) is 0.0411. The van der Waals surface area contributed by atoms with Crippen LogP contribution in [0.2, 0.25) is 0 Å². The number of nitrogens with zero attached hydrogens (tertiary/aromatic N) is 1. The predicted octanol–water partition coefficient (Wildman–Crippen LogP) is 1.66. The second-order valence-electron chi connectivity index (χ2n) is 5.07. The molecular formula is C17H13F2N3O2. The SMILES string of the molecule is N#Cc1cccc(C[C@@H](NC(=O)c2ccc(F)cc2F)C(N)=O)c1. The highest BCUT2D eigenvalue weighted by Gasteiger charge is 2.21. The van der Waals surface area contributed by atoms with Crippen molar-refractivity contribution in [3.63, 3.8) is 0 Å². The molecule has 0 aromatic heterocycles. The average molecular weight is 329 g/mol. The number of nitrogens with two attached hydrogens (primary N) is 1. The fraction of sp³-hybridized carbons (Fsp3) is 0.118. The Morgan fingerprint density at radius 2 is 1.96 bits per heavy atom. The summed E-state index contributed by atoms with van der Waals surface area (Å²) in [5.74, 6) is -3.55. The summed E-state index contributed by atoms with van der Waals surface area (Å²) in [4.78, 5) is 23.6. The maximum Gasteiger partial charge on any atom is 0.254 e. The molecule has 0 spiro atoms. The van der Waals surface area contributed by atoms with Crippen LogP contribution in [0.5, 0.6) is 0 Å². The normalized spacial score (nSPS) is 11.4. The number of hydrogen-bond acceptors (Lipinski definition) is 3. The number of nitriles is 1. The van der Waals surface area contributed by atoms with Gasteiger partial charge < -0.3 is 11.1 Å². The summed E-state index contributed by atoms with van der Waals surface area (Å²) in [6.45, 7) is 0. The van der Waals surface area contributed by atoms with Gasteiger partial charge in [0.25, 0.3) is 5.91 Å². The molecule has 3 N–H and O–H groups in total. The number of benzene rings is 2. The van der Waals surface area contributed by atoms with Crippen LogP contribution < -0.4 is 11.1 Å². The van der Waals surface area contributed by atoms with E-state index < -0.39 is 35.1 Å². The fourth-order valence-electron chi connectivity index (χ4n) is 2.14. The van der Waals surface area contributed by atoms with E-state index in [9.17, 15) is 18.4 Å². The smallest absolute Gasteiger partial charge is 0.254 e. The fourth-order valence-corrected chi connectivity index (χ4v) is 2.14. The van der Waals surface area contributed by atoms with Gasteiger partial charge >= 0.3 is 0 Å². The summed E-state index contributed by atoms with van der Waals surface area (Å²) in [5, 5.41) is 11.2. The molecule has 5 nitrogen and oxygen atoms in total. The van der Waals surface area contributed by atoms with Gasteiger partial charge in [0.05, 0.1) is 17.2 Å². The van der Waals surface area contributed by atoms with Crippen molar-refractivity contribution in [2.75, 3.05) is 0 Å². The second kappa shape index (κ2) is 7.33. The number of halogens is 2. The van der Waals surface area contributed by atoms with Gasteiger partial charge in [-0.3, -0.25) is 9.59 Å². The number of amides is 2. The first kappa shape index (κ1) is 17.1. The molecule has 0 radical (unpaired) electrons. The van der Waals surface area contributed by atoms with E-state index in [4.69, 9.17) is 11.0 Å². The number of carbonyl (C=O) groups excluding carboxylic acids is 2. The van der Waals surface area contributed by atoms with E-state index in [1.165, 1.54) is 0 Å². The number of carbonyl (C=O) groups is 2. The van der Waals surface area contributed by atoms with Crippen LogP contribution in [0, 0.1) is 23.0 Å². The second-order valence-corrected chi connectivity index (χ2v) is 5.07. The molecule has 0 aliphatic carbocycles. The van der Waals surface area contributed by atoms with Crippen molar-refractivity contribution in [3.05, 3.63) is 70.8 Å². The molecule has 0 heterocycles. The summed E-state index contributed by atoms with van der Waals surface area (Å²) in [7, 11) is 0. The minimum absolute atomic E-state index is 0.0411. The Morgan fingerprint density at radius 1 is 1.21 bits per heavy atom. The zero-order valence-corrected chi connectivity index (χ0v) is 12.4. The van der Waals surface area contributed by atoms with E-state index in [-0.39, 0.29) is 6.42 Å². The zero-order valence-electron chi connectivity index (χ0n) is 12.4. The minimum Gasteiger partial charge on any atom is -0.368 e. The van der Waals surface area contributed by atoms with E-state index in [0.29, 0.717) is 17.2 Å². The van der Waals surface area contributed by atoms with Crippen LogP contribution >= 0.6 is 0 Å². The summed E-state index contributed by atoms with van der Waals surface area (Å²) >= 11 is 0. The van der Waals surface area contributed by atoms with Crippen LogP contribution in [-0.2, 0) is 11.2 Å². The van der Waals surface area contributed by atoms with Gasteiger partial charge in [0.15, 0.2) is 0 Å². The first-order valence-electron chi connectivity index (χ1n) is 6.95. The van der Waals surface area contributed by atoms with Gasteiger partial charge in [0.2, 0.25) is 5.91 Å². The largest absolute Gasteiger partial charge is 0.368 e. The molecule has 0 aliphatic heterocycles. The van der Waals surface area contributed by atoms with Gasteiger partial charge in [0, 0.05) is 12.5 Å². The molecule has 0 saturated carbocycles. The van der Waals surface area contributed by atoms with E-state index in [0.717, 1.165) is 12.1 Å². The Morgan fingerprint density at radius 3 is 2.58 bits per heavy atom. The van der Waals surface area contributed by atoms with E-state index >= 15 is 0 Å². The summed E-state index contributed by atoms with van der Waals surface area (Å²) in [5.41, 5.74) is 5.88. The first-order chi connectivity index (χ1) is 11.4. The lowest BCUT2D eigenvalue weighted by molar-refractivity contribution is -0.119. The zero-order chi connectivity index (χ0) is 17.7. The molecular weight excluding hydrogens is 316 g/mol. The topological polar surface area (TPSA) is 96.0 Å². The van der Waals surface area contributed by atoms with Crippen LogP contribution in [0.1, 0.15) is 21.5 Å². The van der Waals surface area contributed by atoms with Gasteiger partial charge in [-0.05, 0) is 29.8 Å². The third kappa shape index (κ3) is 4.14. The van der Waals surface area contributed by atoms with Crippen LogP contribution in [0.4, 0.5) is 8.78 Å². The van der Waals surface area contributed by atoms with Crippen molar-refractivity contribution in [2.24, 2.45) is 5.73 Å². The van der Waals surface area contributed by atoms with E-state index in [1.807, 2.05) is 6.07 Å². The lowest BCUT2D eigenvalue weighted by Crippen LogP contribution is -2.46. The van der Waals surface area contributed by atoms with Crippen molar-refractivity contribution in [1.82, 2.24) is 5.32 Å². The third-order valence-electron chi connectivity index (χ3n) is 3.32. The Hall–Kier alpha value is -3.27. The Balaban J connectivity index is 2.17. The lowest BCUT2D eigenvalue weighted by Gasteiger charge is -2.16. The molecule has 1 atom stereocenters. The summed E-state index contributed by atoms with van der Waals surface area (Å²) < 4.78 is 26.5. The number of rotatable bonds is 5. The van der Waals surface area contributed by atoms with Crippen molar-refractivity contribution in [1.29, 1.82) is 5.26 Å².